The van der Waals surface area contributed by atoms with E-state index in [1.54, 1.807) is 40.9 Å². The number of carboxylic acids is 1. The van der Waals surface area contributed by atoms with Crippen molar-refractivity contribution < 1.29 is 14.7 Å². The van der Waals surface area contributed by atoms with Crippen LogP contribution in [0.4, 0.5) is 10.5 Å². The number of hydrogen-bond acceptors (Lipinski definition) is 3. The van der Waals surface area contributed by atoms with Crippen LogP contribution in [-0.2, 0) is 4.79 Å². The van der Waals surface area contributed by atoms with Crippen molar-refractivity contribution in [2.24, 2.45) is 0 Å². The molecule has 0 bridgehead atoms. The van der Waals surface area contributed by atoms with Gasteiger partial charge >= 0.3 is 12.0 Å². The highest BCUT2D eigenvalue weighted by molar-refractivity contribution is 7.99. The number of aliphatic carboxylic acids is 1. The van der Waals surface area contributed by atoms with E-state index in [1.807, 2.05) is 0 Å². The maximum absolute atomic E-state index is 12.5. The molecule has 0 aliphatic carbocycles. The predicted octanol–water partition coefficient (Wildman–Crippen LogP) is 2.40. The van der Waals surface area contributed by atoms with E-state index in [1.165, 1.54) is 4.90 Å². The van der Waals surface area contributed by atoms with Crippen LogP contribution in [0, 0.1) is 0 Å². The summed E-state index contributed by atoms with van der Waals surface area (Å²) < 4.78 is 0. The van der Waals surface area contributed by atoms with Crippen LogP contribution in [0.3, 0.4) is 0 Å². The van der Waals surface area contributed by atoms with Crippen molar-refractivity contribution >= 4 is 41.1 Å². The Hall–Kier alpha value is -1.40. The number of nitrogens with zero attached hydrogens (tertiary/aromatic N) is 2. The topological polar surface area (TPSA) is 60.9 Å². The minimum absolute atomic E-state index is 0.268. The van der Waals surface area contributed by atoms with Gasteiger partial charge in [0.15, 0.2) is 0 Å². The zero-order chi connectivity index (χ0) is 14.5. The first-order chi connectivity index (χ1) is 9.58. The Kier molecular flexibility index (Phi) is 5.14. The van der Waals surface area contributed by atoms with Gasteiger partial charge in [-0.25, -0.2) is 4.79 Å². The van der Waals surface area contributed by atoms with Crippen molar-refractivity contribution in [1.82, 2.24) is 4.90 Å². The number of benzene rings is 1. The molecule has 0 spiro atoms. The number of hydrogen-bond donors (Lipinski definition) is 1. The van der Waals surface area contributed by atoms with E-state index in [2.05, 4.69) is 0 Å². The average Bonchev–Trinajstić information content (AvgIpc) is 2.46. The summed E-state index contributed by atoms with van der Waals surface area (Å²) in [5.41, 5.74) is 0.542. The quantitative estimate of drug-likeness (QED) is 0.930. The normalized spacial score (nSPS) is 14.9. The van der Waals surface area contributed by atoms with Crippen molar-refractivity contribution in [3.8, 4) is 0 Å². The number of urea groups is 1. The Labute approximate surface area is 126 Å². The second kappa shape index (κ2) is 6.85. The first kappa shape index (κ1) is 15.0. The Morgan fingerprint density at radius 1 is 1.25 bits per heavy atom. The standard InChI is InChI=1S/C13H15ClN2O3S/c14-10-1-3-11(4-2-10)16(9-12(17)18)13(19)15-5-7-20-8-6-15/h1-4H,5-9H2,(H,17,18). The third-order valence-electron chi connectivity index (χ3n) is 2.94. The number of carboxylic acid groups (broad SMARTS) is 1. The first-order valence-electron chi connectivity index (χ1n) is 6.19. The fourth-order valence-corrected chi connectivity index (χ4v) is 2.98. The zero-order valence-electron chi connectivity index (χ0n) is 10.8. The van der Waals surface area contributed by atoms with E-state index in [-0.39, 0.29) is 12.6 Å². The summed E-state index contributed by atoms with van der Waals surface area (Å²) in [7, 11) is 0. The Balaban J connectivity index is 2.19. The summed E-state index contributed by atoms with van der Waals surface area (Å²) in [6.07, 6.45) is 0. The minimum atomic E-state index is -1.04. The zero-order valence-corrected chi connectivity index (χ0v) is 12.4. The van der Waals surface area contributed by atoms with Gasteiger partial charge in [0.25, 0.3) is 0 Å². The molecule has 0 radical (unpaired) electrons. The van der Waals surface area contributed by atoms with Gasteiger partial charge in [-0.2, -0.15) is 11.8 Å². The van der Waals surface area contributed by atoms with Gasteiger partial charge in [0.1, 0.15) is 6.54 Å². The smallest absolute Gasteiger partial charge is 0.325 e. The van der Waals surface area contributed by atoms with Crippen LogP contribution in [0.25, 0.3) is 0 Å². The number of carbonyl (C=O) groups is 2. The van der Waals surface area contributed by atoms with Crippen molar-refractivity contribution in [2.45, 2.75) is 0 Å². The van der Waals surface area contributed by atoms with Gasteiger partial charge in [0, 0.05) is 35.3 Å². The monoisotopic (exact) mass is 314 g/mol. The van der Waals surface area contributed by atoms with Crippen LogP contribution < -0.4 is 4.90 Å². The van der Waals surface area contributed by atoms with E-state index in [0.717, 1.165) is 11.5 Å². The first-order valence-corrected chi connectivity index (χ1v) is 7.73. The van der Waals surface area contributed by atoms with Crippen LogP contribution in [0.5, 0.6) is 0 Å². The summed E-state index contributed by atoms with van der Waals surface area (Å²) in [5.74, 6) is 0.722. The molecule has 1 aromatic rings. The molecule has 1 fully saturated rings. The molecule has 1 heterocycles. The van der Waals surface area contributed by atoms with Crippen LogP contribution in [0.15, 0.2) is 24.3 Å². The molecule has 1 aliphatic rings. The number of amides is 2. The number of anilines is 1. The number of carbonyl (C=O) groups excluding carboxylic acids is 1. The lowest BCUT2D eigenvalue weighted by Gasteiger charge is -2.32. The molecule has 2 amide bonds. The van der Waals surface area contributed by atoms with E-state index in [4.69, 9.17) is 16.7 Å². The molecule has 0 saturated carbocycles. The van der Waals surface area contributed by atoms with E-state index in [0.29, 0.717) is 23.8 Å². The number of thioether (sulfide) groups is 1. The minimum Gasteiger partial charge on any atom is -0.480 e. The Morgan fingerprint density at radius 3 is 2.40 bits per heavy atom. The van der Waals surface area contributed by atoms with Gasteiger partial charge in [-0.05, 0) is 24.3 Å². The molecule has 1 aromatic carbocycles. The van der Waals surface area contributed by atoms with E-state index in [9.17, 15) is 9.59 Å². The molecule has 0 atom stereocenters. The summed E-state index contributed by atoms with van der Waals surface area (Å²) >= 11 is 7.61. The molecule has 0 unspecified atom stereocenters. The molecular formula is C13H15ClN2O3S. The van der Waals surface area contributed by atoms with Gasteiger partial charge in [0.2, 0.25) is 0 Å². The molecule has 108 valence electrons. The van der Waals surface area contributed by atoms with Crippen molar-refractivity contribution in [2.75, 3.05) is 36.0 Å². The molecule has 1 aliphatic heterocycles. The molecule has 7 heteroatoms. The van der Waals surface area contributed by atoms with Crippen LogP contribution in [0.2, 0.25) is 5.02 Å². The van der Waals surface area contributed by atoms with Crippen molar-refractivity contribution in [1.29, 1.82) is 0 Å². The maximum atomic E-state index is 12.5. The van der Waals surface area contributed by atoms with Gasteiger partial charge in [-0.15, -0.1) is 0 Å². The second-order valence-electron chi connectivity index (χ2n) is 4.34. The molecule has 5 nitrogen and oxygen atoms in total. The highest BCUT2D eigenvalue weighted by Crippen LogP contribution is 2.20. The van der Waals surface area contributed by atoms with Crippen molar-refractivity contribution in [3.05, 3.63) is 29.3 Å². The molecule has 2 rings (SSSR count). The summed E-state index contributed by atoms with van der Waals surface area (Å²) in [6.45, 7) is 0.935. The van der Waals surface area contributed by atoms with Gasteiger partial charge in [-0.1, -0.05) is 11.6 Å². The van der Waals surface area contributed by atoms with Gasteiger partial charge in [-0.3, -0.25) is 9.69 Å². The van der Waals surface area contributed by atoms with Crippen LogP contribution in [0.1, 0.15) is 0 Å². The predicted molar refractivity (Wildman–Crippen MR) is 80.7 cm³/mol. The second-order valence-corrected chi connectivity index (χ2v) is 6.00. The Bertz CT molecular complexity index is 489. The fraction of sp³-hybridized carbons (Fsp3) is 0.385. The molecular weight excluding hydrogens is 300 g/mol. The average molecular weight is 315 g/mol. The van der Waals surface area contributed by atoms with E-state index >= 15 is 0 Å². The van der Waals surface area contributed by atoms with E-state index < -0.39 is 5.97 Å². The summed E-state index contributed by atoms with van der Waals surface area (Å²) in [5, 5.41) is 9.55. The van der Waals surface area contributed by atoms with Crippen LogP contribution >= 0.6 is 23.4 Å². The lowest BCUT2D eigenvalue weighted by molar-refractivity contribution is -0.135. The molecule has 1 N–H and O–H groups in total. The van der Waals surface area contributed by atoms with Gasteiger partial charge < -0.3 is 10.0 Å². The number of halogens is 1. The lowest BCUT2D eigenvalue weighted by atomic mass is 10.3. The highest BCUT2D eigenvalue weighted by Gasteiger charge is 2.25. The third-order valence-corrected chi connectivity index (χ3v) is 4.14. The maximum Gasteiger partial charge on any atom is 0.325 e. The van der Waals surface area contributed by atoms with Crippen molar-refractivity contribution in [3.63, 3.8) is 0 Å². The summed E-state index contributed by atoms with van der Waals surface area (Å²) in [4.78, 5) is 26.4. The summed E-state index contributed by atoms with van der Waals surface area (Å²) in [6, 6.07) is 6.33. The molecule has 0 aromatic heterocycles. The fourth-order valence-electron chi connectivity index (χ4n) is 1.95. The Morgan fingerprint density at radius 2 is 1.85 bits per heavy atom. The molecule has 20 heavy (non-hydrogen) atoms. The van der Waals surface area contributed by atoms with Crippen LogP contribution in [-0.4, -0.2) is 53.1 Å². The highest BCUT2D eigenvalue weighted by atomic mass is 35.5. The van der Waals surface area contributed by atoms with Gasteiger partial charge in [0.05, 0.1) is 0 Å². The molecule has 1 saturated heterocycles. The lowest BCUT2D eigenvalue weighted by Crippen LogP contribution is -2.48. The largest absolute Gasteiger partial charge is 0.480 e. The SMILES string of the molecule is O=C(O)CN(C(=O)N1CCSCC1)c1ccc(Cl)cc1. The third kappa shape index (κ3) is 3.80. The number of rotatable bonds is 3.